The van der Waals surface area contributed by atoms with Crippen LogP contribution in [0.3, 0.4) is 0 Å². The molecule has 0 amide bonds. The van der Waals surface area contributed by atoms with Crippen molar-refractivity contribution in [3.8, 4) is 0 Å². The highest BCUT2D eigenvalue weighted by Crippen LogP contribution is 2.09. The predicted octanol–water partition coefficient (Wildman–Crippen LogP) is 0.631. The lowest BCUT2D eigenvalue weighted by atomic mass is 10.4. The highest BCUT2D eigenvalue weighted by Gasteiger charge is 2.05. The number of thiazole rings is 1. The maximum atomic E-state index is 5.62. The Labute approximate surface area is 109 Å². The predicted molar refractivity (Wildman–Crippen MR) is 72.9 cm³/mol. The quantitative estimate of drug-likeness (QED) is 0.819. The van der Waals surface area contributed by atoms with Gasteiger partial charge in [0.05, 0.1) is 5.01 Å². The molecule has 0 saturated carbocycles. The van der Waals surface area contributed by atoms with E-state index >= 15 is 0 Å². The summed E-state index contributed by atoms with van der Waals surface area (Å²) in [4.78, 5) is 18.3. The van der Waals surface area contributed by atoms with Crippen LogP contribution in [0, 0.1) is 0 Å². The number of nitrogens with two attached hydrogens (primary N) is 1. The monoisotopic (exact) mass is 265 g/mol. The summed E-state index contributed by atoms with van der Waals surface area (Å²) in [6.45, 7) is 0.712. The first-order chi connectivity index (χ1) is 8.65. The normalized spacial score (nSPS) is 10.3. The minimum Gasteiger partial charge on any atom is -0.368 e. The van der Waals surface area contributed by atoms with Crippen LogP contribution in [0.4, 0.5) is 17.8 Å². The molecule has 0 aliphatic carbocycles. The smallest absolute Gasteiger partial charge is 0.231 e. The molecule has 2 aromatic heterocycles. The Kier molecular flexibility index (Phi) is 3.88. The molecule has 18 heavy (non-hydrogen) atoms. The van der Waals surface area contributed by atoms with E-state index in [1.165, 1.54) is 0 Å². The molecule has 0 fully saturated rings. The Morgan fingerprint density at radius 3 is 2.83 bits per heavy atom. The Morgan fingerprint density at radius 2 is 2.17 bits per heavy atom. The number of nitrogen functional groups attached to an aromatic ring is 1. The van der Waals surface area contributed by atoms with Crippen LogP contribution >= 0.6 is 11.3 Å². The third kappa shape index (κ3) is 3.27. The molecule has 0 bridgehead atoms. The lowest BCUT2D eigenvalue weighted by Gasteiger charge is -2.11. The van der Waals surface area contributed by atoms with Gasteiger partial charge in [-0.1, -0.05) is 0 Å². The fraction of sp³-hybridized carbons (Fsp3) is 0.400. The van der Waals surface area contributed by atoms with Crippen LogP contribution in [0.2, 0.25) is 0 Å². The molecule has 3 N–H and O–H groups in total. The first-order valence-electron chi connectivity index (χ1n) is 5.46. The van der Waals surface area contributed by atoms with Gasteiger partial charge in [-0.05, 0) is 0 Å². The summed E-state index contributed by atoms with van der Waals surface area (Å²) in [5, 5.41) is 6.16. The fourth-order valence-corrected chi connectivity index (χ4v) is 1.94. The summed E-state index contributed by atoms with van der Waals surface area (Å²) >= 11 is 1.63. The van der Waals surface area contributed by atoms with E-state index in [0.29, 0.717) is 18.4 Å². The molecule has 0 unspecified atom stereocenters. The van der Waals surface area contributed by atoms with Crippen molar-refractivity contribution in [1.82, 2.24) is 19.9 Å². The number of nitrogens with one attached hydrogen (secondary N) is 1. The van der Waals surface area contributed by atoms with Gasteiger partial charge in [-0.25, -0.2) is 4.98 Å². The van der Waals surface area contributed by atoms with Crippen LogP contribution in [-0.4, -0.2) is 40.6 Å². The van der Waals surface area contributed by atoms with Crippen molar-refractivity contribution in [2.45, 2.75) is 6.42 Å². The fourth-order valence-electron chi connectivity index (χ4n) is 1.32. The van der Waals surface area contributed by atoms with Crippen LogP contribution in [0.1, 0.15) is 5.01 Å². The van der Waals surface area contributed by atoms with Gasteiger partial charge in [0.15, 0.2) is 0 Å². The van der Waals surface area contributed by atoms with Gasteiger partial charge in [0.1, 0.15) is 0 Å². The molecule has 0 spiro atoms. The molecule has 7 nitrogen and oxygen atoms in total. The van der Waals surface area contributed by atoms with E-state index in [2.05, 4.69) is 25.3 Å². The van der Waals surface area contributed by atoms with E-state index in [0.717, 1.165) is 11.4 Å². The largest absolute Gasteiger partial charge is 0.368 e. The molecule has 0 atom stereocenters. The maximum absolute atomic E-state index is 5.62. The zero-order valence-electron chi connectivity index (χ0n) is 10.3. The van der Waals surface area contributed by atoms with Crippen LogP contribution in [0.15, 0.2) is 11.6 Å². The van der Waals surface area contributed by atoms with Crippen molar-refractivity contribution < 1.29 is 0 Å². The Morgan fingerprint density at radius 1 is 1.33 bits per heavy atom. The van der Waals surface area contributed by atoms with Gasteiger partial charge in [0.2, 0.25) is 17.8 Å². The maximum Gasteiger partial charge on any atom is 0.231 e. The van der Waals surface area contributed by atoms with Crippen LogP contribution in [-0.2, 0) is 6.42 Å². The topological polar surface area (TPSA) is 92.9 Å². The van der Waals surface area contributed by atoms with Gasteiger partial charge in [-0.15, -0.1) is 11.3 Å². The number of anilines is 3. The minimum atomic E-state index is 0.213. The van der Waals surface area contributed by atoms with E-state index in [-0.39, 0.29) is 5.95 Å². The third-order valence-corrected chi connectivity index (χ3v) is 2.99. The first kappa shape index (κ1) is 12.5. The van der Waals surface area contributed by atoms with Crippen LogP contribution in [0.25, 0.3) is 0 Å². The molecule has 96 valence electrons. The third-order valence-electron chi connectivity index (χ3n) is 2.15. The molecule has 0 aromatic carbocycles. The second-order valence-electron chi connectivity index (χ2n) is 3.81. The van der Waals surface area contributed by atoms with E-state index in [1.807, 2.05) is 19.5 Å². The standard InChI is InChI=1S/C10H15N7S/c1-17(2)10-15-8(11)14-9(16-10)13-4-3-7-12-5-6-18-7/h5-6H,3-4H2,1-2H3,(H3,11,13,14,15,16). The van der Waals surface area contributed by atoms with Crippen molar-refractivity contribution in [2.24, 2.45) is 0 Å². The van der Waals surface area contributed by atoms with Crippen molar-refractivity contribution >= 4 is 29.2 Å². The average Bonchev–Trinajstić information content (AvgIpc) is 2.81. The van der Waals surface area contributed by atoms with Crippen LogP contribution < -0.4 is 16.0 Å². The van der Waals surface area contributed by atoms with Crippen molar-refractivity contribution in [3.05, 3.63) is 16.6 Å². The summed E-state index contributed by atoms with van der Waals surface area (Å²) in [5.74, 6) is 1.24. The molecular formula is C10H15N7S. The molecule has 2 rings (SSSR count). The van der Waals surface area contributed by atoms with Gasteiger partial charge in [-0.3, -0.25) is 0 Å². The second-order valence-corrected chi connectivity index (χ2v) is 4.79. The van der Waals surface area contributed by atoms with Gasteiger partial charge >= 0.3 is 0 Å². The van der Waals surface area contributed by atoms with Gasteiger partial charge in [0, 0.05) is 38.6 Å². The second kappa shape index (κ2) is 5.58. The number of nitrogens with zero attached hydrogens (tertiary/aromatic N) is 5. The lowest BCUT2D eigenvalue weighted by molar-refractivity contribution is 0.931. The van der Waals surface area contributed by atoms with E-state index < -0.39 is 0 Å². The molecule has 0 aliphatic heterocycles. The van der Waals surface area contributed by atoms with Crippen molar-refractivity contribution in [3.63, 3.8) is 0 Å². The molecule has 8 heteroatoms. The van der Waals surface area contributed by atoms with Crippen LogP contribution in [0.5, 0.6) is 0 Å². The summed E-state index contributed by atoms with van der Waals surface area (Å²) in [7, 11) is 3.71. The Hall–Kier alpha value is -1.96. The van der Waals surface area contributed by atoms with E-state index in [9.17, 15) is 0 Å². The zero-order chi connectivity index (χ0) is 13.0. The highest BCUT2D eigenvalue weighted by molar-refractivity contribution is 7.09. The zero-order valence-corrected chi connectivity index (χ0v) is 11.1. The number of aromatic nitrogens is 4. The molecule has 0 saturated heterocycles. The summed E-state index contributed by atoms with van der Waals surface area (Å²) in [6, 6.07) is 0. The van der Waals surface area contributed by atoms with Crippen molar-refractivity contribution in [2.75, 3.05) is 36.6 Å². The summed E-state index contributed by atoms with van der Waals surface area (Å²) in [6.07, 6.45) is 2.63. The number of rotatable bonds is 5. The Balaban J connectivity index is 1.96. The van der Waals surface area contributed by atoms with Gasteiger partial charge in [-0.2, -0.15) is 15.0 Å². The minimum absolute atomic E-state index is 0.213. The SMILES string of the molecule is CN(C)c1nc(N)nc(NCCc2nccs2)n1. The summed E-state index contributed by atoms with van der Waals surface area (Å²) in [5.41, 5.74) is 5.62. The first-order valence-corrected chi connectivity index (χ1v) is 6.34. The van der Waals surface area contributed by atoms with E-state index in [4.69, 9.17) is 5.73 Å². The highest BCUT2D eigenvalue weighted by atomic mass is 32.1. The summed E-state index contributed by atoms with van der Waals surface area (Å²) < 4.78 is 0. The lowest BCUT2D eigenvalue weighted by Crippen LogP contribution is -2.17. The van der Waals surface area contributed by atoms with Crippen molar-refractivity contribution in [1.29, 1.82) is 0 Å². The molecule has 2 heterocycles. The Bertz CT molecular complexity index is 497. The number of hydrogen-bond acceptors (Lipinski definition) is 8. The molecule has 0 radical (unpaired) electrons. The van der Waals surface area contributed by atoms with Gasteiger partial charge in [0.25, 0.3) is 0 Å². The number of hydrogen-bond donors (Lipinski definition) is 2. The molecule has 0 aliphatic rings. The molecular weight excluding hydrogens is 250 g/mol. The molecule has 2 aromatic rings. The van der Waals surface area contributed by atoms with Gasteiger partial charge < -0.3 is 16.0 Å². The average molecular weight is 265 g/mol. The van der Waals surface area contributed by atoms with E-state index in [1.54, 1.807) is 22.4 Å².